The zero-order chi connectivity index (χ0) is 10.9. The van der Waals surface area contributed by atoms with E-state index >= 15 is 0 Å². The average molecular weight is 233 g/mol. The first-order chi connectivity index (χ1) is 7.10. The Bertz CT molecular complexity index is 348. The Hall–Kier alpha value is -0.660. The highest BCUT2D eigenvalue weighted by molar-refractivity contribution is 7.89. The summed E-state index contributed by atoms with van der Waals surface area (Å²) < 4.78 is 25.4. The van der Waals surface area contributed by atoms with Crippen molar-refractivity contribution in [2.45, 2.75) is 11.7 Å². The summed E-state index contributed by atoms with van der Waals surface area (Å²) in [6.07, 6.45) is 0.639. The minimum Gasteiger partial charge on any atom is -0.354 e. The van der Waals surface area contributed by atoms with Crippen LogP contribution in [0.1, 0.15) is 6.42 Å². The van der Waals surface area contributed by atoms with E-state index in [9.17, 15) is 13.2 Å². The zero-order valence-corrected chi connectivity index (χ0v) is 9.22. The van der Waals surface area contributed by atoms with Gasteiger partial charge in [0.1, 0.15) is 0 Å². The van der Waals surface area contributed by atoms with E-state index in [1.54, 1.807) is 0 Å². The fourth-order valence-corrected chi connectivity index (χ4v) is 3.73. The van der Waals surface area contributed by atoms with Gasteiger partial charge in [0.25, 0.3) is 0 Å². The molecule has 2 aliphatic rings. The van der Waals surface area contributed by atoms with E-state index in [-0.39, 0.29) is 17.7 Å². The number of nitrogens with one attached hydrogen (secondary N) is 2. The smallest absolute Gasteiger partial charge is 0.235 e. The van der Waals surface area contributed by atoms with Gasteiger partial charge in [-0.25, -0.2) is 8.42 Å². The summed E-state index contributed by atoms with van der Waals surface area (Å²) in [5, 5.41) is 5.28. The Balaban J connectivity index is 2.10. The van der Waals surface area contributed by atoms with Crippen LogP contribution >= 0.6 is 0 Å². The maximum absolute atomic E-state index is 12.0. The lowest BCUT2D eigenvalue weighted by molar-refractivity contribution is -0.122. The monoisotopic (exact) mass is 233 g/mol. The van der Waals surface area contributed by atoms with Gasteiger partial charge >= 0.3 is 0 Å². The molecule has 2 heterocycles. The van der Waals surface area contributed by atoms with Crippen molar-refractivity contribution >= 4 is 15.9 Å². The summed E-state index contributed by atoms with van der Waals surface area (Å²) >= 11 is 0. The molecule has 7 heteroatoms. The highest BCUT2D eigenvalue weighted by Crippen LogP contribution is 2.15. The second-order valence-electron chi connectivity index (χ2n) is 3.84. The number of carbonyl (C=O) groups excluding carboxylic acids is 1. The molecule has 2 aliphatic heterocycles. The molecule has 2 fully saturated rings. The maximum Gasteiger partial charge on any atom is 0.235 e. The highest BCUT2D eigenvalue weighted by Gasteiger charge is 2.36. The fourth-order valence-electron chi connectivity index (χ4n) is 1.93. The Kier molecular flexibility index (Phi) is 2.94. The van der Waals surface area contributed by atoms with Crippen molar-refractivity contribution < 1.29 is 13.2 Å². The molecule has 0 spiro atoms. The summed E-state index contributed by atoms with van der Waals surface area (Å²) in [6, 6.07) is 0. The summed E-state index contributed by atoms with van der Waals surface area (Å²) in [5.41, 5.74) is 0. The van der Waals surface area contributed by atoms with Crippen LogP contribution in [0.3, 0.4) is 0 Å². The number of nitrogens with zero attached hydrogens (tertiary/aromatic N) is 1. The first-order valence-electron chi connectivity index (χ1n) is 5.07. The number of amides is 1. The third-order valence-electron chi connectivity index (χ3n) is 2.80. The fraction of sp³-hybridized carbons (Fsp3) is 0.875. The van der Waals surface area contributed by atoms with Crippen LogP contribution in [0.5, 0.6) is 0 Å². The molecular weight excluding hydrogens is 218 g/mol. The van der Waals surface area contributed by atoms with Gasteiger partial charge in [-0.2, -0.15) is 4.31 Å². The Morgan fingerprint density at radius 3 is 2.73 bits per heavy atom. The van der Waals surface area contributed by atoms with Gasteiger partial charge in [-0.3, -0.25) is 4.79 Å². The van der Waals surface area contributed by atoms with Crippen molar-refractivity contribution in [1.82, 2.24) is 14.9 Å². The topological polar surface area (TPSA) is 78.5 Å². The molecule has 6 nitrogen and oxygen atoms in total. The Labute approximate surface area is 89.1 Å². The van der Waals surface area contributed by atoms with E-state index < -0.39 is 10.0 Å². The van der Waals surface area contributed by atoms with Crippen molar-refractivity contribution in [2.24, 2.45) is 0 Å². The minimum atomic E-state index is -3.28. The maximum atomic E-state index is 12.0. The van der Waals surface area contributed by atoms with E-state index in [2.05, 4.69) is 10.6 Å². The second-order valence-corrected chi connectivity index (χ2v) is 6.06. The van der Waals surface area contributed by atoms with Crippen LogP contribution in [0.2, 0.25) is 0 Å². The van der Waals surface area contributed by atoms with E-state index in [1.165, 1.54) is 4.31 Å². The van der Waals surface area contributed by atoms with E-state index in [4.69, 9.17) is 0 Å². The molecule has 0 radical (unpaired) electrons. The van der Waals surface area contributed by atoms with Crippen LogP contribution in [0.4, 0.5) is 0 Å². The Morgan fingerprint density at radius 2 is 2.13 bits per heavy atom. The first-order valence-corrected chi connectivity index (χ1v) is 6.57. The molecule has 86 valence electrons. The van der Waals surface area contributed by atoms with E-state index in [0.717, 1.165) is 6.54 Å². The first kappa shape index (κ1) is 10.8. The van der Waals surface area contributed by atoms with Gasteiger partial charge in [-0.1, -0.05) is 0 Å². The van der Waals surface area contributed by atoms with Gasteiger partial charge in [-0.05, 0) is 13.0 Å². The molecule has 0 aromatic rings. The van der Waals surface area contributed by atoms with Crippen LogP contribution in [0.25, 0.3) is 0 Å². The molecule has 0 aliphatic carbocycles. The molecule has 2 N–H and O–H groups in total. The van der Waals surface area contributed by atoms with Gasteiger partial charge in [0.2, 0.25) is 15.9 Å². The predicted octanol–water partition coefficient (Wildman–Crippen LogP) is -1.89. The predicted molar refractivity (Wildman–Crippen MR) is 54.8 cm³/mol. The number of rotatable bonds is 2. The van der Waals surface area contributed by atoms with Gasteiger partial charge in [0.15, 0.2) is 0 Å². The molecule has 2 saturated heterocycles. The second kappa shape index (κ2) is 4.07. The minimum absolute atomic E-state index is 0.0289. The quantitative estimate of drug-likeness (QED) is 0.584. The molecule has 1 atom stereocenters. The molecule has 2 rings (SSSR count). The Morgan fingerprint density at radius 1 is 1.33 bits per heavy atom. The lowest BCUT2D eigenvalue weighted by Crippen LogP contribution is -2.52. The van der Waals surface area contributed by atoms with Gasteiger partial charge in [0, 0.05) is 19.6 Å². The molecule has 1 amide bonds. The zero-order valence-electron chi connectivity index (χ0n) is 8.40. The largest absolute Gasteiger partial charge is 0.354 e. The normalized spacial score (nSPS) is 29.1. The van der Waals surface area contributed by atoms with Crippen molar-refractivity contribution in [1.29, 1.82) is 0 Å². The average Bonchev–Trinajstić information content (AvgIpc) is 2.71. The number of piperazine rings is 1. The molecular formula is C8H15N3O3S. The molecule has 15 heavy (non-hydrogen) atoms. The molecule has 0 bridgehead atoms. The van der Waals surface area contributed by atoms with E-state index in [0.29, 0.717) is 26.1 Å². The summed E-state index contributed by atoms with van der Waals surface area (Å²) in [6.45, 7) is 2.02. The molecule has 0 aromatic carbocycles. The third-order valence-corrected chi connectivity index (χ3v) is 5.08. The summed E-state index contributed by atoms with van der Waals surface area (Å²) in [7, 11) is -3.28. The lowest BCUT2D eigenvalue weighted by atomic mass is 10.4. The van der Waals surface area contributed by atoms with Crippen LogP contribution in [0.15, 0.2) is 0 Å². The number of carbonyl (C=O) groups is 1. The summed E-state index contributed by atoms with van der Waals surface area (Å²) in [4.78, 5) is 11.1. The standard InChI is InChI=1S/C8H15N3O3S/c12-8-6-11(4-3-10-8)15(13,14)7-1-2-9-5-7/h7,9H,1-6H2,(H,10,12). The van der Waals surface area contributed by atoms with Gasteiger partial charge in [-0.15, -0.1) is 0 Å². The van der Waals surface area contributed by atoms with E-state index in [1.807, 2.05) is 0 Å². The third kappa shape index (κ3) is 2.14. The van der Waals surface area contributed by atoms with Crippen molar-refractivity contribution in [3.8, 4) is 0 Å². The molecule has 1 unspecified atom stereocenters. The van der Waals surface area contributed by atoms with Crippen LogP contribution in [-0.2, 0) is 14.8 Å². The van der Waals surface area contributed by atoms with Crippen molar-refractivity contribution in [3.63, 3.8) is 0 Å². The van der Waals surface area contributed by atoms with Crippen LogP contribution < -0.4 is 10.6 Å². The molecule has 0 aromatic heterocycles. The molecule has 0 saturated carbocycles. The highest BCUT2D eigenvalue weighted by atomic mass is 32.2. The van der Waals surface area contributed by atoms with Crippen molar-refractivity contribution in [3.05, 3.63) is 0 Å². The SMILES string of the molecule is O=C1CN(S(=O)(=O)C2CCNC2)CCN1. The van der Waals surface area contributed by atoms with Gasteiger partial charge < -0.3 is 10.6 Å². The number of sulfonamides is 1. The van der Waals surface area contributed by atoms with Crippen molar-refractivity contribution in [2.75, 3.05) is 32.7 Å². The van der Waals surface area contributed by atoms with Crippen LogP contribution in [0, 0.1) is 0 Å². The lowest BCUT2D eigenvalue weighted by Gasteiger charge is -2.28. The van der Waals surface area contributed by atoms with Crippen LogP contribution in [-0.4, -0.2) is 56.6 Å². The summed E-state index contributed by atoms with van der Waals surface area (Å²) in [5.74, 6) is -0.212. The number of hydrogen-bond donors (Lipinski definition) is 2. The number of hydrogen-bond acceptors (Lipinski definition) is 4. The van der Waals surface area contributed by atoms with Gasteiger partial charge in [0.05, 0.1) is 11.8 Å².